The van der Waals surface area contributed by atoms with Gasteiger partial charge in [-0.05, 0) is 0 Å². The van der Waals surface area contributed by atoms with Gasteiger partial charge in [0.15, 0.2) is 0 Å². The second-order valence-electron chi connectivity index (χ2n) is 21.9. The van der Waals surface area contributed by atoms with Crippen molar-refractivity contribution < 1.29 is 0 Å². The summed E-state index contributed by atoms with van der Waals surface area (Å²) in [7, 11) is -2.42. The van der Waals surface area contributed by atoms with Crippen LogP contribution in [0.5, 0.6) is 0 Å². The molecule has 2 aromatic carbocycles. The third-order valence-electron chi connectivity index (χ3n) is 16.5. The Bertz CT molecular complexity index is 1860. The van der Waals surface area contributed by atoms with E-state index in [2.05, 4.69) is 163 Å². The molecule has 0 bridgehead atoms. The molecule has 2 aromatic heterocycles. The van der Waals surface area contributed by atoms with Crippen LogP contribution in [0.1, 0.15) is 230 Å². The first-order valence-electron chi connectivity index (χ1n) is 29.7. The normalized spacial score (nSPS) is 14.2. The molecule has 0 saturated heterocycles. The third kappa shape index (κ3) is 16.1. The third-order valence-corrected chi connectivity index (χ3v) is 61.0. The van der Waals surface area contributed by atoms with Gasteiger partial charge in [-0.15, -0.1) is 0 Å². The molecule has 5 heteroatoms. The molecule has 0 aliphatic carbocycles. The van der Waals surface area contributed by atoms with Gasteiger partial charge in [-0.25, -0.2) is 0 Å². The number of hydrogen-bond donors (Lipinski definition) is 0. The zero-order chi connectivity index (χ0) is 49.2. The van der Waals surface area contributed by atoms with Crippen LogP contribution in [0.4, 0.5) is 0 Å². The summed E-state index contributed by atoms with van der Waals surface area (Å²) in [6, 6.07) is 37.9. The van der Waals surface area contributed by atoms with E-state index in [4.69, 9.17) is 0 Å². The van der Waals surface area contributed by atoms with E-state index in [1.54, 1.807) is 47.5 Å². The summed E-state index contributed by atoms with van der Waals surface area (Å²) in [6.45, 7) is 19.5. The predicted molar refractivity (Wildman–Crippen MR) is 326 cm³/mol. The summed E-state index contributed by atoms with van der Waals surface area (Å²) >= 11 is -0.696. The Morgan fingerprint density at radius 2 is 0.609 bits per heavy atom. The molecule has 0 fully saturated rings. The van der Waals surface area contributed by atoms with Gasteiger partial charge in [-0.3, -0.25) is 0 Å². The Kier molecular flexibility index (Phi) is 27.7. The zero-order valence-electron chi connectivity index (χ0n) is 46.0. The quantitative estimate of drug-likeness (QED) is 0.0310. The van der Waals surface area contributed by atoms with E-state index < -0.39 is 44.8 Å². The fourth-order valence-electron chi connectivity index (χ4n) is 12.5. The Balaban J connectivity index is 1.90. The van der Waals surface area contributed by atoms with Gasteiger partial charge in [0, 0.05) is 0 Å². The molecule has 0 spiro atoms. The van der Waals surface area contributed by atoms with E-state index in [0.29, 0.717) is 0 Å². The molecule has 1 aliphatic rings. The molecule has 4 aromatic rings. The molecule has 0 unspecified atom stereocenters. The van der Waals surface area contributed by atoms with Crippen LogP contribution in [-0.4, -0.2) is 44.8 Å². The number of unbranched alkanes of at least 4 members (excludes halogenated alkanes) is 16. The molecular formula is C64H102S2SiSn2. The molecule has 0 nitrogen and oxygen atoms in total. The Morgan fingerprint density at radius 3 is 0.913 bits per heavy atom. The average Bonchev–Trinajstić information content (AvgIpc) is 4.15. The Hall–Kier alpha value is -0.866. The van der Waals surface area contributed by atoms with E-state index in [-0.39, 0.29) is 0 Å². The van der Waals surface area contributed by atoms with E-state index >= 15 is 0 Å². The summed E-state index contributed by atoms with van der Waals surface area (Å²) < 4.78 is 13.1. The van der Waals surface area contributed by atoms with Gasteiger partial charge in [0.1, 0.15) is 0 Å². The first-order valence-corrected chi connectivity index (χ1v) is 48.7. The van der Waals surface area contributed by atoms with Crippen LogP contribution < -0.4 is 5.79 Å². The first kappa shape index (κ1) is 59.0. The average molecular weight is 1200 g/mol. The number of allylic oxidation sites excluding steroid dienone is 2. The summed E-state index contributed by atoms with van der Waals surface area (Å²) in [4.78, 5) is 3.39. The van der Waals surface area contributed by atoms with Crippen molar-refractivity contribution in [1.82, 2.24) is 0 Å². The van der Waals surface area contributed by atoms with Gasteiger partial charge in [0.2, 0.25) is 0 Å². The standard InChI is InChI=1S/C40H48S2Si.6C4H9.2Sn/c1-3-5-7-9-11-19-31-43(32-20-12-10-8-6-4-2)39(35-27-21-29-41-35)37(33-23-15-13-16-24-33)38(34-25-17-14-18-26-34)40(43)36-28-22-30-42-36;6*1-3-4-2;;/h13-18,21-28H,3-12,19-20,31-32H2,1-2H3;6*1,3-4H2,2H3;;. The maximum absolute atomic E-state index is 2.79. The fourth-order valence-corrected chi connectivity index (χ4v) is 60.0. The SMILES string of the molecule is CCCCCCCC[Si]1(CCCCCCCC)C(c2cc[c]([Sn]([CH2]CCC)([CH2]CCC)[CH2]CCC)s2)=C(c2ccccc2)C(c2ccccc2)=C1c1cc[c]([Sn]([CH2]CCC)([CH2]CCC)[CH2]CCC)s1. The first-order chi connectivity index (χ1) is 33.9. The molecule has 0 atom stereocenters. The van der Waals surface area contributed by atoms with E-state index in [1.165, 1.54) is 177 Å². The molecule has 69 heavy (non-hydrogen) atoms. The van der Waals surface area contributed by atoms with Crippen LogP contribution in [-0.2, 0) is 0 Å². The van der Waals surface area contributed by atoms with Crippen molar-refractivity contribution in [3.05, 3.63) is 106 Å². The summed E-state index contributed by atoms with van der Waals surface area (Å²) in [5.41, 5.74) is 6.21. The monoisotopic (exact) mass is 1200 g/mol. The van der Waals surface area contributed by atoms with Crippen molar-refractivity contribution >= 4 is 94.8 Å². The Morgan fingerprint density at radius 1 is 0.319 bits per heavy atom. The second kappa shape index (κ2) is 32.4. The fraction of sp³-hybridized carbons (Fsp3) is 0.625. The van der Waals surface area contributed by atoms with E-state index in [9.17, 15) is 0 Å². The molecule has 1 aliphatic heterocycles. The molecule has 382 valence electrons. The molecular weight excluding hydrogens is 1100 g/mol. The molecule has 5 rings (SSSR count). The molecule has 0 radical (unpaired) electrons. The van der Waals surface area contributed by atoms with Gasteiger partial charge in [0.05, 0.1) is 0 Å². The molecule has 0 saturated carbocycles. The van der Waals surface area contributed by atoms with Gasteiger partial charge < -0.3 is 0 Å². The second-order valence-corrected chi connectivity index (χ2v) is 56.5. The van der Waals surface area contributed by atoms with Gasteiger partial charge >= 0.3 is 435 Å². The van der Waals surface area contributed by atoms with Crippen LogP contribution in [0, 0.1) is 0 Å². The minimum absolute atomic E-state index is 1.32. The van der Waals surface area contributed by atoms with Crippen molar-refractivity contribution in [2.24, 2.45) is 0 Å². The van der Waals surface area contributed by atoms with Crippen LogP contribution in [0.15, 0.2) is 84.9 Å². The van der Waals surface area contributed by atoms with Gasteiger partial charge in [-0.2, -0.15) is 0 Å². The summed E-state index contributed by atoms with van der Waals surface area (Å²) in [6.07, 6.45) is 33.1. The van der Waals surface area contributed by atoms with Gasteiger partial charge in [0.25, 0.3) is 0 Å². The van der Waals surface area contributed by atoms with Crippen molar-refractivity contribution in [1.29, 1.82) is 0 Å². The van der Waals surface area contributed by atoms with Crippen molar-refractivity contribution in [3.8, 4) is 0 Å². The number of rotatable bonds is 38. The van der Waals surface area contributed by atoms with Crippen molar-refractivity contribution in [3.63, 3.8) is 0 Å². The number of thiophene rings is 2. The van der Waals surface area contributed by atoms with E-state index in [1.807, 2.05) is 16.2 Å². The number of benzene rings is 2. The minimum atomic E-state index is -2.73. The molecule has 0 amide bonds. The van der Waals surface area contributed by atoms with Crippen molar-refractivity contribution in [2.45, 2.75) is 248 Å². The summed E-state index contributed by atoms with van der Waals surface area (Å²) in [5.74, 6) is 0. The molecule has 0 N–H and O–H groups in total. The maximum atomic E-state index is 2.79. The van der Waals surface area contributed by atoms with Crippen molar-refractivity contribution in [2.75, 3.05) is 0 Å². The predicted octanol–water partition coefficient (Wildman–Crippen LogP) is 21.7. The Labute approximate surface area is 444 Å². The van der Waals surface area contributed by atoms with Crippen LogP contribution in [0.25, 0.3) is 21.5 Å². The number of hydrogen-bond acceptors (Lipinski definition) is 2. The topological polar surface area (TPSA) is 0 Å². The molecule has 3 heterocycles. The van der Waals surface area contributed by atoms with Crippen LogP contribution >= 0.6 is 22.7 Å². The van der Waals surface area contributed by atoms with E-state index in [0.717, 1.165) is 0 Å². The van der Waals surface area contributed by atoms with Crippen LogP contribution in [0.3, 0.4) is 0 Å². The summed E-state index contributed by atoms with van der Waals surface area (Å²) in [5, 5.41) is 3.74. The van der Waals surface area contributed by atoms with Crippen LogP contribution in [0.2, 0.25) is 38.7 Å². The zero-order valence-corrected chi connectivity index (χ0v) is 54.4. The van der Waals surface area contributed by atoms with Gasteiger partial charge in [-0.1, -0.05) is 13.8 Å².